The van der Waals surface area contributed by atoms with E-state index in [-0.39, 0.29) is 19.2 Å². The van der Waals surface area contributed by atoms with Crippen molar-refractivity contribution in [3.8, 4) is 0 Å². The smallest absolute Gasteiger partial charge is 0.435 e. The monoisotopic (exact) mass is 414 g/mol. The molecule has 0 aliphatic heterocycles. The van der Waals surface area contributed by atoms with Crippen LogP contribution in [0.1, 0.15) is 19.8 Å². The molecule has 146 valence electrons. The first kappa shape index (κ1) is 24.4. The van der Waals surface area contributed by atoms with Gasteiger partial charge in [0, 0.05) is 23.3 Å². The molecule has 25 heavy (non-hydrogen) atoms. The van der Waals surface area contributed by atoms with Gasteiger partial charge in [-0.3, -0.25) is 9.59 Å². The van der Waals surface area contributed by atoms with Crippen LogP contribution in [-0.4, -0.2) is 67.5 Å². The zero-order valence-electron chi connectivity index (χ0n) is 14.3. The molecule has 0 aliphatic rings. The highest BCUT2D eigenvalue weighted by Crippen LogP contribution is 2.23. The highest BCUT2D eigenvalue weighted by atomic mass is 33.1. The molecule has 1 unspecified atom stereocenters. The molecule has 0 aromatic carbocycles. The lowest BCUT2D eigenvalue weighted by Crippen LogP contribution is -2.27. The highest BCUT2D eigenvalue weighted by Gasteiger charge is 2.06. The van der Waals surface area contributed by atoms with Crippen LogP contribution < -0.4 is 11.1 Å². The fraction of sp³-hybridized carbons (Fsp3) is 0.786. The maximum absolute atomic E-state index is 11.3. The van der Waals surface area contributed by atoms with Crippen LogP contribution in [0.15, 0.2) is 0 Å². The Balaban J connectivity index is 3.33. The van der Waals surface area contributed by atoms with Gasteiger partial charge in [-0.15, -0.1) is 0 Å². The van der Waals surface area contributed by atoms with Crippen LogP contribution >= 0.6 is 33.3 Å². The summed E-state index contributed by atoms with van der Waals surface area (Å²) in [6, 6.07) is 0.106. The molecule has 0 spiro atoms. The van der Waals surface area contributed by atoms with Crippen LogP contribution in [0.25, 0.3) is 0 Å². The molecule has 0 aromatic rings. The summed E-state index contributed by atoms with van der Waals surface area (Å²) in [5.41, 5.74) is 6.76. The molecule has 11 heteroatoms. The van der Waals surface area contributed by atoms with Gasteiger partial charge in [-0.2, -0.15) is 0 Å². The molecule has 0 amide bonds. The highest BCUT2D eigenvalue weighted by molar-refractivity contribution is 8.76. The zero-order chi connectivity index (χ0) is 18.8. The minimum Gasteiger partial charge on any atom is -0.435 e. The molecule has 0 bridgehead atoms. The van der Waals surface area contributed by atoms with E-state index in [1.54, 1.807) is 28.5 Å². The molecular weight excluding hydrogens is 388 g/mol. The maximum Gasteiger partial charge on any atom is 0.511 e. The van der Waals surface area contributed by atoms with Gasteiger partial charge in [0.2, 0.25) is 6.79 Å². The van der Waals surface area contributed by atoms with Crippen LogP contribution in [0.5, 0.6) is 0 Å². The second-order valence-corrected chi connectivity index (χ2v) is 8.18. The first-order valence-electron chi connectivity index (χ1n) is 7.81. The van der Waals surface area contributed by atoms with Crippen LogP contribution in [-0.2, 0) is 23.8 Å². The summed E-state index contributed by atoms with van der Waals surface area (Å²) in [6.45, 7) is 2.15. The third-order valence-corrected chi connectivity index (χ3v) is 5.75. The van der Waals surface area contributed by atoms with Gasteiger partial charge in [-0.05, 0) is 26.3 Å². The maximum atomic E-state index is 11.3. The molecule has 3 N–H and O–H groups in total. The summed E-state index contributed by atoms with van der Waals surface area (Å²) in [7, 11) is 3.45. The number of carbonyl (C=O) groups is 3. The van der Waals surface area contributed by atoms with Crippen molar-refractivity contribution in [3.05, 3.63) is 0 Å². The van der Waals surface area contributed by atoms with E-state index >= 15 is 0 Å². The number of esters is 1. The second-order valence-electron chi connectivity index (χ2n) is 4.61. The number of nitrogens with two attached hydrogens (primary N) is 1. The average molecular weight is 415 g/mol. The van der Waals surface area contributed by atoms with E-state index in [9.17, 15) is 14.4 Å². The molecule has 0 saturated carbocycles. The standard InChI is InChI=1S/C14H26N2O6S3/c1-2-20-14(19)22-11-21-13(18)8-16-5-3-6-24-25-9-12(15)4-7-23-10-17/h10,12,16H,2-9,11,15H2,1H3. The molecule has 0 rings (SSSR count). The van der Waals surface area contributed by atoms with Gasteiger partial charge in [0.25, 0.3) is 0 Å². The first-order valence-corrected chi connectivity index (χ1v) is 11.3. The largest absolute Gasteiger partial charge is 0.511 e. The Hall–Kier alpha value is -0.620. The van der Waals surface area contributed by atoms with E-state index in [2.05, 4.69) is 14.8 Å². The van der Waals surface area contributed by atoms with Gasteiger partial charge in [0.1, 0.15) is 0 Å². The summed E-state index contributed by atoms with van der Waals surface area (Å²) >= 11 is 1.25. The minimum atomic E-state index is -0.861. The van der Waals surface area contributed by atoms with Crippen molar-refractivity contribution < 1.29 is 28.6 Å². The Morgan fingerprint density at radius 3 is 2.72 bits per heavy atom. The Morgan fingerprint density at radius 2 is 2.00 bits per heavy atom. The fourth-order valence-electron chi connectivity index (χ4n) is 1.35. The van der Waals surface area contributed by atoms with Gasteiger partial charge >= 0.3 is 12.1 Å². The predicted molar refractivity (Wildman–Crippen MR) is 103 cm³/mol. The number of hydrogen-bond donors (Lipinski definition) is 2. The zero-order valence-corrected chi connectivity index (χ0v) is 16.7. The van der Waals surface area contributed by atoms with Gasteiger partial charge < -0.3 is 25.3 Å². The number of thioether (sulfide) groups is 1. The van der Waals surface area contributed by atoms with Crippen molar-refractivity contribution in [2.75, 3.05) is 43.7 Å². The summed E-state index contributed by atoms with van der Waals surface area (Å²) in [5.74, 6) is 2.06. The van der Waals surface area contributed by atoms with E-state index in [1.165, 1.54) is 11.8 Å². The van der Waals surface area contributed by atoms with E-state index in [1.807, 2.05) is 0 Å². The molecule has 8 nitrogen and oxygen atoms in total. The van der Waals surface area contributed by atoms with Crippen molar-refractivity contribution >= 4 is 51.1 Å². The molecule has 0 aliphatic carbocycles. The van der Waals surface area contributed by atoms with Crippen molar-refractivity contribution in [2.45, 2.75) is 25.8 Å². The average Bonchev–Trinajstić information content (AvgIpc) is 2.57. The summed E-state index contributed by atoms with van der Waals surface area (Å²) < 4.78 is 13.7. The van der Waals surface area contributed by atoms with Crippen LogP contribution in [0.4, 0.5) is 4.79 Å². The van der Waals surface area contributed by atoms with Crippen LogP contribution in [0, 0.1) is 0 Å². The quantitative estimate of drug-likeness (QED) is 0.126. The van der Waals surface area contributed by atoms with E-state index in [0.717, 1.165) is 35.7 Å². The number of carbonyl (C=O) groups excluding carboxylic acids is 3. The minimum absolute atomic E-state index is 0.0588. The Bertz CT molecular complexity index is 376. The Kier molecular flexibility index (Phi) is 17.7. The van der Waals surface area contributed by atoms with E-state index in [0.29, 0.717) is 6.54 Å². The molecular formula is C14H26N2O6S3. The topological polar surface area (TPSA) is 117 Å². The number of hydrogen-bond acceptors (Lipinski definition) is 11. The third kappa shape index (κ3) is 18.0. The molecule has 0 fully saturated rings. The van der Waals surface area contributed by atoms with Crippen molar-refractivity contribution in [3.63, 3.8) is 0 Å². The van der Waals surface area contributed by atoms with Crippen LogP contribution in [0.3, 0.4) is 0 Å². The van der Waals surface area contributed by atoms with E-state index in [4.69, 9.17) is 10.5 Å². The SMILES string of the molecule is CCOC(=O)OCOC(=O)CNCCCSSCC(N)CCSC=O. The predicted octanol–water partition coefficient (Wildman–Crippen LogP) is 1.66. The van der Waals surface area contributed by atoms with Crippen LogP contribution in [0.2, 0.25) is 0 Å². The second kappa shape index (κ2) is 18.2. The lowest BCUT2D eigenvalue weighted by Gasteiger charge is -2.09. The summed E-state index contributed by atoms with van der Waals surface area (Å²) in [5, 5.41) is 2.95. The number of rotatable bonds is 16. The molecule has 0 radical (unpaired) electrons. The Morgan fingerprint density at radius 1 is 1.20 bits per heavy atom. The summed E-state index contributed by atoms with van der Waals surface area (Å²) in [6.07, 6.45) is 0.876. The number of nitrogens with one attached hydrogen (secondary N) is 1. The lowest BCUT2D eigenvalue weighted by atomic mass is 10.3. The molecule has 0 saturated heterocycles. The normalized spacial score (nSPS) is 11.6. The fourth-order valence-corrected chi connectivity index (χ4v) is 4.22. The Labute approximate surface area is 160 Å². The molecule has 0 aromatic heterocycles. The van der Waals surface area contributed by atoms with E-state index < -0.39 is 18.9 Å². The van der Waals surface area contributed by atoms with Gasteiger partial charge in [0.05, 0.1) is 13.2 Å². The van der Waals surface area contributed by atoms with Crippen molar-refractivity contribution in [1.29, 1.82) is 0 Å². The number of ether oxygens (including phenoxy) is 3. The summed E-state index contributed by atoms with van der Waals surface area (Å²) in [4.78, 5) is 32.3. The third-order valence-electron chi connectivity index (χ3n) is 2.55. The van der Waals surface area contributed by atoms with Gasteiger partial charge in [-0.25, -0.2) is 4.79 Å². The van der Waals surface area contributed by atoms with Crippen molar-refractivity contribution in [1.82, 2.24) is 5.32 Å². The van der Waals surface area contributed by atoms with Gasteiger partial charge in [-0.1, -0.05) is 33.3 Å². The lowest BCUT2D eigenvalue weighted by molar-refractivity contribution is -0.152. The van der Waals surface area contributed by atoms with Crippen molar-refractivity contribution in [2.24, 2.45) is 5.73 Å². The molecule has 1 atom stereocenters. The first-order chi connectivity index (χ1) is 12.1. The molecule has 0 heterocycles. The van der Waals surface area contributed by atoms with Gasteiger partial charge in [0.15, 0.2) is 5.62 Å².